The Balaban J connectivity index is 1.26. The van der Waals surface area contributed by atoms with E-state index in [2.05, 4.69) is 27.2 Å². The lowest BCUT2D eigenvalue weighted by Crippen LogP contribution is -2.33. The van der Waals surface area contributed by atoms with Crippen molar-refractivity contribution in [3.05, 3.63) is 70.3 Å². The standard InChI is InChI=1S/C23H22N4O3/c28-21-20(17-4-2-1-3-5-17)24-25-22-23(9-11-27(21)22)8-10-26(14-23)13-16-6-7-18-19(12-16)30-15-29-18/h1-7,12H,8-11,13-15H2/t23-/m0/s1. The molecule has 0 unspecified atom stereocenters. The molecule has 1 atom stereocenters. The maximum absolute atomic E-state index is 13.1. The molecule has 0 aliphatic carbocycles. The summed E-state index contributed by atoms with van der Waals surface area (Å²) in [6.45, 7) is 3.71. The van der Waals surface area contributed by atoms with Gasteiger partial charge < -0.3 is 9.47 Å². The van der Waals surface area contributed by atoms with Crippen molar-refractivity contribution < 1.29 is 9.47 Å². The normalized spacial score (nSPS) is 22.0. The average molecular weight is 402 g/mol. The van der Waals surface area contributed by atoms with Crippen molar-refractivity contribution in [2.45, 2.75) is 31.3 Å². The van der Waals surface area contributed by atoms with Crippen molar-refractivity contribution in [2.24, 2.45) is 0 Å². The molecule has 0 N–H and O–H groups in total. The monoisotopic (exact) mass is 402 g/mol. The van der Waals surface area contributed by atoms with Crippen LogP contribution in [0.1, 0.15) is 24.2 Å². The zero-order valence-electron chi connectivity index (χ0n) is 16.6. The predicted octanol–water partition coefficient (Wildman–Crippen LogP) is 2.58. The van der Waals surface area contributed by atoms with Gasteiger partial charge in [-0.25, -0.2) is 0 Å². The van der Waals surface area contributed by atoms with Crippen molar-refractivity contribution in [1.29, 1.82) is 0 Å². The minimum absolute atomic E-state index is 0.0303. The molecule has 1 fully saturated rings. The van der Waals surface area contributed by atoms with Crippen LogP contribution in [0.25, 0.3) is 11.3 Å². The van der Waals surface area contributed by atoms with E-state index in [9.17, 15) is 4.79 Å². The summed E-state index contributed by atoms with van der Waals surface area (Å²) in [6, 6.07) is 15.7. The van der Waals surface area contributed by atoms with E-state index in [1.165, 1.54) is 5.56 Å². The Labute approximate surface area is 173 Å². The van der Waals surface area contributed by atoms with Crippen LogP contribution in [0.5, 0.6) is 11.5 Å². The topological polar surface area (TPSA) is 69.5 Å². The first-order chi connectivity index (χ1) is 14.7. The fraction of sp³-hybridized carbons (Fsp3) is 0.348. The summed E-state index contributed by atoms with van der Waals surface area (Å²) >= 11 is 0. The summed E-state index contributed by atoms with van der Waals surface area (Å²) in [5.41, 5.74) is 2.35. The van der Waals surface area contributed by atoms with Gasteiger partial charge in [0.15, 0.2) is 17.2 Å². The second-order valence-electron chi connectivity index (χ2n) is 8.37. The highest BCUT2D eigenvalue weighted by Gasteiger charge is 2.46. The molecule has 3 aromatic rings. The molecule has 1 spiro atoms. The number of aromatic nitrogens is 3. The van der Waals surface area contributed by atoms with Crippen molar-refractivity contribution in [1.82, 2.24) is 19.7 Å². The van der Waals surface area contributed by atoms with E-state index < -0.39 is 0 Å². The Hall–Kier alpha value is -3.19. The van der Waals surface area contributed by atoms with Crippen LogP contribution in [0, 0.1) is 0 Å². The molecule has 0 amide bonds. The number of ether oxygens (including phenoxy) is 2. The SMILES string of the molecule is O=c1c(-c2ccccc2)nnc2n1CC[C@]21CCN(Cc2ccc3c(c2)OCO3)C1. The fourth-order valence-corrected chi connectivity index (χ4v) is 5.01. The largest absolute Gasteiger partial charge is 0.454 e. The van der Waals surface area contributed by atoms with E-state index in [1.807, 2.05) is 41.0 Å². The van der Waals surface area contributed by atoms with Gasteiger partial charge in [-0.05, 0) is 37.1 Å². The van der Waals surface area contributed by atoms with Gasteiger partial charge in [-0.2, -0.15) is 0 Å². The summed E-state index contributed by atoms with van der Waals surface area (Å²) in [4.78, 5) is 15.5. The van der Waals surface area contributed by atoms with E-state index in [4.69, 9.17) is 9.47 Å². The molecule has 3 aliphatic heterocycles. The van der Waals surface area contributed by atoms with Crippen LogP contribution in [-0.4, -0.2) is 39.5 Å². The molecule has 0 radical (unpaired) electrons. The first-order valence-corrected chi connectivity index (χ1v) is 10.4. The lowest BCUT2D eigenvalue weighted by molar-refractivity contribution is 0.174. The molecule has 7 nitrogen and oxygen atoms in total. The van der Waals surface area contributed by atoms with Crippen molar-refractivity contribution in [3.63, 3.8) is 0 Å². The smallest absolute Gasteiger partial charge is 0.280 e. The van der Waals surface area contributed by atoms with Gasteiger partial charge in [0, 0.05) is 30.6 Å². The minimum Gasteiger partial charge on any atom is -0.454 e. The van der Waals surface area contributed by atoms with Crippen LogP contribution in [-0.2, 0) is 18.5 Å². The molecular formula is C23H22N4O3. The van der Waals surface area contributed by atoms with Crippen LogP contribution in [0.2, 0.25) is 0 Å². The van der Waals surface area contributed by atoms with Crippen LogP contribution in [0.15, 0.2) is 53.3 Å². The van der Waals surface area contributed by atoms with Crippen molar-refractivity contribution in [2.75, 3.05) is 19.9 Å². The van der Waals surface area contributed by atoms with Crippen LogP contribution < -0.4 is 15.0 Å². The molecule has 3 aliphatic rings. The lowest BCUT2D eigenvalue weighted by Gasteiger charge is -2.23. The van der Waals surface area contributed by atoms with Gasteiger partial charge in [-0.1, -0.05) is 36.4 Å². The first kappa shape index (κ1) is 17.7. The van der Waals surface area contributed by atoms with Gasteiger partial charge in [0.05, 0.1) is 0 Å². The van der Waals surface area contributed by atoms with Gasteiger partial charge >= 0.3 is 0 Å². The molecule has 2 aromatic carbocycles. The lowest BCUT2D eigenvalue weighted by atomic mass is 9.85. The second-order valence-corrected chi connectivity index (χ2v) is 8.37. The Morgan fingerprint density at radius 2 is 1.80 bits per heavy atom. The summed E-state index contributed by atoms with van der Waals surface area (Å²) in [6.07, 6.45) is 1.93. The van der Waals surface area contributed by atoms with Crippen molar-refractivity contribution >= 4 is 0 Å². The molecule has 30 heavy (non-hydrogen) atoms. The van der Waals surface area contributed by atoms with Crippen LogP contribution >= 0.6 is 0 Å². The van der Waals surface area contributed by atoms with E-state index >= 15 is 0 Å². The Morgan fingerprint density at radius 1 is 0.967 bits per heavy atom. The number of fused-ring (bicyclic) bond motifs is 3. The highest BCUT2D eigenvalue weighted by Crippen LogP contribution is 2.41. The Kier molecular flexibility index (Phi) is 3.92. The Bertz CT molecular complexity index is 1180. The van der Waals surface area contributed by atoms with Gasteiger partial charge in [0.2, 0.25) is 6.79 Å². The zero-order valence-corrected chi connectivity index (χ0v) is 16.6. The molecule has 152 valence electrons. The van der Waals surface area contributed by atoms with Gasteiger partial charge in [0.25, 0.3) is 5.56 Å². The van der Waals surface area contributed by atoms with Crippen LogP contribution in [0.3, 0.4) is 0 Å². The summed E-state index contributed by atoms with van der Waals surface area (Å²) in [5.74, 6) is 2.48. The number of hydrogen-bond acceptors (Lipinski definition) is 6. The molecule has 4 heterocycles. The molecule has 1 saturated heterocycles. The fourth-order valence-electron chi connectivity index (χ4n) is 5.01. The molecule has 1 aromatic heterocycles. The van der Waals surface area contributed by atoms with Crippen molar-refractivity contribution in [3.8, 4) is 22.8 Å². The predicted molar refractivity (Wildman–Crippen MR) is 110 cm³/mol. The molecule has 7 heteroatoms. The summed E-state index contributed by atoms with van der Waals surface area (Å²) < 4.78 is 12.8. The zero-order chi connectivity index (χ0) is 20.1. The highest BCUT2D eigenvalue weighted by molar-refractivity contribution is 5.57. The molecule has 0 bridgehead atoms. The maximum atomic E-state index is 13.1. The quantitative estimate of drug-likeness (QED) is 0.671. The van der Waals surface area contributed by atoms with E-state index in [-0.39, 0.29) is 11.0 Å². The highest BCUT2D eigenvalue weighted by atomic mass is 16.7. The van der Waals surface area contributed by atoms with Crippen LogP contribution in [0.4, 0.5) is 0 Å². The third-order valence-corrected chi connectivity index (χ3v) is 6.56. The molecule has 0 saturated carbocycles. The summed E-state index contributed by atoms with van der Waals surface area (Å²) in [7, 11) is 0. The molecule has 6 rings (SSSR count). The first-order valence-electron chi connectivity index (χ1n) is 10.4. The number of rotatable bonds is 3. The third kappa shape index (κ3) is 2.73. The second kappa shape index (κ2) is 6.67. The third-order valence-electron chi connectivity index (χ3n) is 6.56. The maximum Gasteiger partial charge on any atom is 0.280 e. The minimum atomic E-state index is -0.0856. The van der Waals surface area contributed by atoms with E-state index in [1.54, 1.807) is 0 Å². The van der Waals surface area contributed by atoms with Gasteiger partial charge in [-0.3, -0.25) is 14.3 Å². The number of hydrogen-bond donors (Lipinski definition) is 0. The summed E-state index contributed by atoms with van der Waals surface area (Å²) in [5, 5.41) is 8.93. The number of nitrogens with zero attached hydrogens (tertiary/aromatic N) is 4. The average Bonchev–Trinajstić information content (AvgIpc) is 3.49. The van der Waals surface area contributed by atoms with Gasteiger partial charge in [0.1, 0.15) is 5.82 Å². The molecular weight excluding hydrogens is 380 g/mol. The number of benzene rings is 2. The van der Waals surface area contributed by atoms with E-state index in [0.717, 1.165) is 55.4 Å². The number of likely N-dealkylation sites (tertiary alicyclic amines) is 1. The Morgan fingerprint density at radius 3 is 2.70 bits per heavy atom. The van der Waals surface area contributed by atoms with E-state index in [0.29, 0.717) is 19.0 Å². The van der Waals surface area contributed by atoms with Gasteiger partial charge in [-0.15, -0.1) is 10.2 Å².